The van der Waals surface area contributed by atoms with Gasteiger partial charge in [0.1, 0.15) is 5.82 Å². The summed E-state index contributed by atoms with van der Waals surface area (Å²) in [5.41, 5.74) is 0.911. The number of hydrogen-bond donors (Lipinski definition) is 0. The zero-order valence-electron chi connectivity index (χ0n) is 15.8. The molecule has 2 aromatic rings. The van der Waals surface area contributed by atoms with Gasteiger partial charge in [-0.1, -0.05) is 43.6 Å². The highest BCUT2D eigenvalue weighted by molar-refractivity contribution is 6.30. The Morgan fingerprint density at radius 1 is 1.23 bits per heavy atom. The first-order chi connectivity index (χ1) is 12.2. The van der Waals surface area contributed by atoms with Crippen LogP contribution in [0.1, 0.15) is 51.0 Å². The molecule has 1 saturated heterocycles. The van der Waals surface area contributed by atoms with Gasteiger partial charge in [-0.25, -0.2) is 4.39 Å². The maximum atomic E-state index is 13.4. The third-order valence-corrected chi connectivity index (χ3v) is 5.15. The van der Waals surface area contributed by atoms with Crippen molar-refractivity contribution in [2.45, 2.75) is 45.7 Å². The van der Waals surface area contributed by atoms with Gasteiger partial charge >= 0.3 is 0 Å². The molecule has 1 aliphatic rings. The monoisotopic (exact) mass is 380 g/mol. The van der Waals surface area contributed by atoms with E-state index in [1.165, 1.54) is 6.07 Å². The maximum Gasteiger partial charge on any atom is 0.232 e. The largest absolute Gasteiger partial charge is 0.339 e. The minimum atomic E-state index is -0.373. The van der Waals surface area contributed by atoms with Crippen LogP contribution in [0.3, 0.4) is 0 Å². The number of hydrogen-bond acceptors (Lipinski definition) is 5. The van der Waals surface area contributed by atoms with E-state index in [4.69, 9.17) is 16.1 Å². The van der Waals surface area contributed by atoms with E-state index in [1.54, 1.807) is 6.07 Å². The lowest BCUT2D eigenvalue weighted by Crippen LogP contribution is -2.46. The molecule has 1 fully saturated rings. The Labute approximate surface area is 159 Å². The Kier molecular flexibility index (Phi) is 5.65. The number of benzene rings is 1. The van der Waals surface area contributed by atoms with Crippen molar-refractivity contribution in [3.05, 3.63) is 46.3 Å². The summed E-state index contributed by atoms with van der Waals surface area (Å²) in [5, 5.41) is 4.29. The first-order valence-electron chi connectivity index (χ1n) is 8.98. The third-order valence-electron chi connectivity index (χ3n) is 4.86. The first-order valence-corrected chi connectivity index (χ1v) is 9.36. The zero-order valence-corrected chi connectivity index (χ0v) is 16.6. The van der Waals surface area contributed by atoms with Crippen LogP contribution in [-0.4, -0.2) is 46.1 Å². The lowest BCUT2D eigenvalue weighted by Gasteiger charge is -2.37. The molecule has 2 heterocycles. The van der Waals surface area contributed by atoms with Gasteiger partial charge in [-0.05, 0) is 24.6 Å². The second kappa shape index (κ2) is 7.62. The van der Waals surface area contributed by atoms with Gasteiger partial charge in [-0.2, -0.15) is 4.98 Å². The predicted octanol–water partition coefficient (Wildman–Crippen LogP) is 4.04. The molecule has 0 saturated carbocycles. The van der Waals surface area contributed by atoms with Gasteiger partial charge in [0.25, 0.3) is 0 Å². The van der Waals surface area contributed by atoms with E-state index in [2.05, 4.69) is 47.6 Å². The molecule has 0 aliphatic carbocycles. The summed E-state index contributed by atoms with van der Waals surface area (Å²) in [4.78, 5) is 9.23. The van der Waals surface area contributed by atoms with Gasteiger partial charge in [0.2, 0.25) is 5.89 Å². The first kappa shape index (κ1) is 19.3. The molecule has 0 radical (unpaired) electrons. The number of piperazine rings is 1. The van der Waals surface area contributed by atoms with Crippen molar-refractivity contribution in [1.82, 2.24) is 19.9 Å². The molecular formula is C19H26ClFN4O. The summed E-state index contributed by atoms with van der Waals surface area (Å²) in [7, 11) is 0. The van der Waals surface area contributed by atoms with Crippen LogP contribution in [0.2, 0.25) is 5.02 Å². The topological polar surface area (TPSA) is 45.4 Å². The van der Waals surface area contributed by atoms with Crippen molar-refractivity contribution >= 4 is 11.6 Å². The molecule has 0 bridgehead atoms. The number of halogens is 2. The van der Waals surface area contributed by atoms with Crippen LogP contribution < -0.4 is 0 Å². The average molecular weight is 381 g/mol. The summed E-state index contributed by atoms with van der Waals surface area (Å²) in [6, 6.07) is 5.17. The van der Waals surface area contributed by atoms with Crippen LogP contribution in [0.4, 0.5) is 4.39 Å². The molecular weight excluding hydrogens is 355 g/mol. The van der Waals surface area contributed by atoms with Gasteiger partial charge in [0.05, 0.1) is 11.6 Å². The lowest BCUT2D eigenvalue weighted by molar-refractivity contribution is 0.0956. The summed E-state index contributed by atoms with van der Waals surface area (Å²) in [6.07, 6.45) is 0. The highest BCUT2D eigenvalue weighted by atomic mass is 35.5. The summed E-state index contributed by atoms with van der Waals surface area (Å²) in [6.45, 7) is 12.7. The molecule has 0 amide bonds. The normalized spacial score (nSPS) is 18.2. The fourth-order valence-electron chi connectivity index (χ4n) is 3.11. The van der Waals surface area contributed by atoms with Crippen LogP contribution >= 0.6 is 11.6 Å². The molecule has 1 atom stereocenters. The quantitative estimate of drug-likeness (QED) is 0.801. The minimum absolute atomic E-state index is 0.129. The third kappa shape index (κ3) is 4.42. The van der Waals surface area contributed by atoms with E-state index in [1.807, 2.05) is 6.07 Å². The van der Waals surface area contributed by atoms with E-state index in [0.717, 1.165) is 37.6 Å². The highest BCUT2D eigenvalue weighted by Gasteiger charge is 2.25. The Bertz CT molecular complexity index is 750. The Morgan fingerprint density at radius 3 is 2.50 bits per heavy atom. The highest BCUT2D eigenvalue weighted by Crippen LogP contribution is 2.26. The molecule has 1 aromatic heterocycles. The van der Waals surface area contributed by atoms with E-state index in [9.17, 15) is 4.39 Å². The Hall–Kier alpha value is -1.50. The fraction of sp³-hybridized carbons (Fsp3) is 0.579. The van der Waals surface area contributed by atoms with Crippen molar-refractivity contribution in [3.8, 4) is 0 Å². The van der Waals surface area contributed by atoms with Crippen molar-refractivity contribution < 1.29 is 8.91 Å². The fourth-order valence-corrected chi connectivity index (χ4v) is 3.30. The molecule has 3 rings (SSSR count). The Balaban J connectivity index is 1.55. The molecule has 1 aromatic carbocycles. The second-order valence-corrected chi connectivity index (χ2v) is 8.33. The van der Waals surface area contributed by atoms with Crippen molar-refractivity contribution in [2.75, 3.05) is 26.2 Å². The van der Waals surface area contributed by atoms with Gasteiger partial charge in [0, 0.05) is 37.6 Å². The summed E-state index contributed by atoms with van der Waals surface area (Å²) >= 11 is 5.92. The van der Waals surface area contributed by atoms with E-state index in [-0.39, 0.29) is 22.3 Å². The molecule has 5 nitrogen and oxygen atoms in total. The van der Waals surface area contributed by atoms with Gasteiger partial charge in [-0.3, -0.25) is 9.80 Å². The van der Waals surface area contributed by atoms with Gasteiger partial charge in [0.15, 0.2) is 5.82 Å². The van der Waals surface area contributed by atoms with Crippen LogP contribution in [0.15, 0.2) is 22.7 Å². The molecule has 26 heavy (non-hydrogen) atoms. The zero-order chi connectivity index (χ0) is 18.9. The average Bonchev–Trinajstić information content (AvgIpc) is 3.06. The summed E-state index contributed by atoms with van der Waals surface area (Å²) in [5.74, 6) is 1.04. The smallest absolute Gasteiger partial charge is 0.232 e. The molecule has 0 N–H and O–H groups in total. The molecule has 0 spiro atoms. The van der Waals surface area contributed by atoms with Crippen LogP contribution in [0.25, 0.3) is 0 Å². The van der Waals surface area contributed by atoms with Crippen LogP contribution in [0.5, 0.6) is 0 Å². The van der Waals surface area contributed by atoms with Crippen LogP contribution in [0, 0.1) is 5.82 Å². The van der Waals surface area contributed by atoms with Crippen LogP contribution in [-0.2, 0) is 12.0 Å². The van der Waals surface area contributed by atoms with Crippen molar-refractivity contribution in [2.24, 2.45) is 0 Å². The molecule has 1 aliphatic heterocycles. The van der Waals surface area contributed by atoms with E-state index >= 15 is 0 Å². The standard InChI is InChI=1S/C19H26ClFN4O/c1-13(14-5-6-16(21)15(20)11-14)25-9-7-24(8-10-25)12-17-22-18(26-23-17)19(2,3)4/h5-6,11,13H,7-10,12H2,1-4H3. The Morgan fingerprint density at radius 2 is 1.92 bits per heavy atom. The molecule has 7 heteroatoms. The minimum Gasteiger partial charge on any atom is -0.339 e. The van der Waals surface area contributed by atoms with Crippen molar-refractivity contribution in [3.63, 3.8) is 0 Å². The molecule has 142 valence electrons. The number of aromatic nitrogens is 2. The van der Waals surface area contributed by atoms with Gasteiger partial charge < -0.3 is 4.52 Å². The second-order valence-electron chi connectivity index (χ2n) is 7.93. The lowest BCUT2D eigenvalue weighted by atomic mass is 9.97. The molecule has 1 unspecified atom stereocenters. The number of rotatable bonds is 4. The summed E-state index contributed by atoms with van der Waals surface area (Å²) < 4.78 is 18.7. The SMILES string of the molecule is CC(c1ccc(F)c(Cl)c1)N1CCN(Cc2noc(C(C)(C)C)n2)CC1. The van der Waals surface area contributed by atoms with Crippen molar-refractivity contribution in [1.29, 1.82) is 0 Å². The predicted molar refractivity (Wildman–Crippen MR) is 99.7 cm³/mol. The van der Waals surface area contributed by atoms with E-state index < -0.39 is 0 Å². The number of nitrogens with zero attached hydrogens (tertiary/aromatic N) is 4. The van der Waals surface area contributed by atoms with Gasteiger partial charge in [-0.15, -0.1) is 0 Å². The van der Waals surface area contributed by atoms with E-state index in [0.29, 0.717) is 12.4 Å². The maximum absolute atomic E-state index is 13.4.